The lowest BCUT2D eigenvalue weighted by Crippen LogP contribution is -2.19. The molecule has 2 fully saturated rings. The van der Waals surface area contributed by atoms with Crippen LogP contribution in [0.15, 0.2) is 12.2 Å². The molecule has 1 saturated carbocycles. The van der Waals surface area contributed by atoms with E-state index >= 15 is 0 Å². The predicted molar refractivity (Wildman–Crippen MR) is 64.4 cm³/mol. The second kappa shape index (κ2) is 5.09. The van der Waals surface area contributed by atoms with Crippen molar-refractivity contribution in [2.75, 3.05) is 13.2 Å². The lowest BCUT2D eigenvalue weighted by molar-refractivity contribution is -0.0551. The standard InChI is InChI=1S/C14H22O3/c15-13(3-4-14-16-5-6-17-14)9-12-8-10-1-2-11(12)7-10/h1-2,10-15H,3-9H2. The van der Waals surface area contributed by atoms with E-state index in [1.807, 2.05) is 0 Å². The zero-order valence-corrected chi connectivity index (χ0v) is 10.3. The predicted octanol–water partition coefficient (Wildman–Crippen LogP) is 2.10. The smallest absolute Gasteiger partial charge is 0.157 e. The number of aliphatic hydroxyl groups is 1. The van der Waals surface area contributed by atoms with Gasteiger partial charge in [0.15, 0.2) is 6.29 Å². The fraction of sp³-hybridized carbons (Fsp3) is 0.857. The third-order valence-corrected chi connectivity index (χ3v) is 4.42. The van der Waals surface area contributed by atoms with E-state index in [-0.39, 0.29) is 12.4 Å². The van der Waals surface area contributed by atoms with Crippen LogP contribution in [0.4, 0.5) is 0 Å². The van der Waals surface area contributed by atoms with Gasteiger partial charge in [-0.3, -0.25) is 0 Å². The molecule has 0 spiro atoms. The van der Waals surface area contributed by atoms with Gasteiger partial charge in [0.1, 0.15) is 0 Å². The van der Waals surface area contributed by atoms with E-state index < -0.39 is 0 Å². The van der Waals surface area contributed by atoms with Crippen LogP contribution in [0.25, 0.3) is 0 Å². The lowest BCUT2D eigenvalue weighted by Gasteiger charge is -2.22. The van der Waals surface area contributed by atoms with E-state index in [1.54, 1.807) is 0 Å². The molecule has 0 aromatic rings. The first kappa shape index (κ1) is 11.7. The van der Waals surface area contributed by atoms with Crippen molar-refractivity contribution in [1.82, 2.24) is 0 Å². The van der Waals surface area contributed by atoms with Gasteiger partial charge in [0, 0.05) is 6.42 Å². The van der Waals surface area contributed by atoms with Crippen molar-refractivity contribution in [2.45, 2.75) is 44.5 Å². The summed E-state index contributed by atoms with van der Waals surface area (Å²) in [6, 6.07) is 0. The molecule has 0 aromatic carbocycles. The summed E-state index contributed by atoms with van der Waals surface area (Å²) < 4.78 is 10.8. The van der Waals surface area contributed by atoms with Crippen molar-refractivity contribution in [3.8, 4) is 0 Å². The van der Waals surface area contributed by atoms with Gasteiger partial charge >= 0.3 is 0 Å². The highest BCUT2D eigenvalue weighted by atomic mass is 16.7. The molecule has 1 aliphatic heterocycles. The highest BCUT2D eigenvalue weighted by Crippen LogP contribution is 2.45. The Bertz CT molecular complexity index is 283. The summed E-state index contributed by atoms with van der Waals surface area (Å²) in [6.45, 7) is 1.41. The summed E-state index contributed by atoms with van der Waals surface area (Å²) >= 11 is 0. The Labute approximate surface area is 103 Å². The van der Waals surface area contributed by atoms with Crippen molar-refractivity contribution in [3.05, 3.63) is 12.2 Å². The second-order valence-electron chi connectivity index (χ2n) is 5.68. The minimum absolute atomic E-state index is 0.0652. The summed E-state index contributed by atoms with van der Waals surface area (Å²) in [5.41, 5.74) is 0. The van der Waals surface area contributed by atoms with Crippen LogP contribution in [0.5, 0.6) is 0 Å². The lowest BCUT2D eigenvalue weighted by atomic mass is 9.87. The molecule has 3 heteroatoms. The van der Waals surface area contributed by atoms with Gasteiger partial charge < -0.3 is 14.6 Å². The molecule has 1 saturated heterocycles. The molecule has 2 aliphatic carbocycles. The maximum atomic E-state index is 10.1. The molecule has 4 unspecified atom stereocenters. The van der Waals surface area contributed by atoms with E-state index in [9.17, 15) is 5.11 Å². The zero-order chi connectivity index (χ0) is 11.7. The largest absolute Gasteiger partial charge is 0.393 e. The average molecular weight is 238 g/mol. The van der Waals surface area contributed by atoms with E-state index in [0.29, 0.717) is 19.1 Å². The SMILES string of the molecule is OC(CCC1OCCO1)CC1CC2C=CC1C2. The maximum Gasteiger partial charge on any atom is 0.157 e. The Morgan fingerprint density at radius 2 is 2.00 bits per heavy atom. The third kappa shape index (κ3) is 2.72. The number of fused-ring (bicyclic) bond motifs is 2. The summed E-state index contributed by atoms with van der Waals surface area (Å²) in [6.07, 6.45) is 9.67. The number of hydrogen-bond donors (Lipinski definition) is 1. The van der Waals surface area contributed by atoms with E-state index in [1.165, 1.54) is 12.8 Å². The minimum Gasteiger partial charge on any atom is -0.393 e. The molecule has 3 aliphatic rings. The van der Waals surface area contributed by atoms with Crippen molar-refractivity contribution in [1.29, 1.82) is 0 Å². The Morgan fingerprint density at radius 1 is 1.18 bits per heavy atom. The van der Waals surface area contributed by atoms with Gasteiger partial charge in [-0.2, -0.15) is 0 Å². The first-order valence-electron chi connectivity index (χ1n) is 6.91. The van der Waals surface area contributed by atoms with Gasteiger partial charge in [-0.15, -0.1) is 0 Å². The van der Waals surface area contributed by atoms with Gasteiger partial charge in [0.25, 0.3) is 0 Å². The van der Waals surface area contributed by atoms with Crippen molar-refractivity contribution in [2.24, 2.45) is 17.8 Å². The highest BCUT2D eigenvalue weighted by Gasteiger charge is 2.36. The summed E-state index contributed by atoms with van der Waals surface area (Å²) in [4.78, 5) is 0. The fourth-order valence-electron chi connectivity index (χ4n) is 3.54. The number of ether oxygens (including phenoxy) is 2. The molecular weight excluding hydrogens is 216 g/mol. The van der Waals surface area contributed by atoms with Crippen molar-refractivity contribution >= 4 is 0 Å². The molecule has 0 radical (unpaired) electrons. The van der Waals surface area contributed by atoms with Gasteiger partial charge in [-0.1, -0.05) is 12.2 Å². The third-order valence-electron chi connectivity index (χ3n) is 4.42. The molecule has 0 amide bonds. The quantitative estimate of drug-likeness (QED) is 0.745. The Kier molecular flexibility index (Phi) is 3.50. The molecular formula is C14H22O3. The average Bonchev–Trinajstić information content (AvgIpc) is 3.03. The molecule has 0 aromatic heterocycles. The van der Waals surface area contributed by atoms with Crippen molar-refractivity contribution in [3.63, 3.8) is 0 Å². The first-order valence-corrected chi connectivity index (χ1v) is 6.91. The molecule has 3 rings (SSSR count). The molecule has 2 bridgehead atoms. The van der Waals surface area contributed by atoms with Crippen LogP contribution in [-0.4, -0.2) is 30.7 Å². The Hall–Kier alpha value is -0.380. The van der Waals surface area contributed by atoms with Crippen molar-refractivity contribution < 1.29 is 14.6 Å². The number of aliphatic hydroxyl groups excluding tert-OH is 1. The van der Waals surface area contributed by atoms with Crippen LogP contribution in [0.1, 0.15) is 32.1 Å². The summed E-state index contributed by atoms with van der Waals surface area (Å²) in [7, 11) is 0. The van der Waals surface area contributed by atoms with E-state index in [2.05, 4.69) is 12.2 Å². The summed E-state index contributed by atoms with van der Waals surface area (Å²) in [5, 5.41) is 10.1. The molecule has 96 valence electrons. The van der Waals surface area contributed by atoms with Gasteiger partial charge in [-0.25, -0.2) is 0 Å². The summed E-state index contributed by atoms with van der Waals surface area (Å²) in [5.74, 6) is 2.26. The molecule has 4 atom stereocenters. The Morgan fingerprint density at radius 3 is 2.65 bits per heavy atom. The van der Waals surface area contributed by atoms with Crippen LogP contribution >= 0.6 is 0 Å². The van der Waals surface area contributed by atoms with Crippen LogP contribution in [0.2, 0.25) is 0 Å². The number of hydrogen-bond acceptors (Lipinski definition) is 3. The van der Waals surface area contributed by atoms with Crippen LogP contribution < -0.4 is 0 Å². The zero-order valence-electron chi connectivity index (χ0n) is 10.3. The molecule has 17 heavy (non-hydrogen) atoms. The van der Waals surface area contributed by atoms with Gasteiger partial charge in [0.2, 0.25) is 0 Å². The number of rotatable bonds is 5. The monoisotopic (exact) mass is 238 g/mol. The first-order chi connectivity index (χ1) is 8.31. The van der Waals surface area contributed by atoms with Gasteiger partial charge in [0.05, 0.1) is 19.3 Å². The molecule has 3 nitrogen and oxygen atoms in total. The second-order valence-corrected chi connectivity index (χ2v) is 5.68. The highest BCUT2D eigenvalue weighted by molar-refractivity contribution is 5.10. The van der Waals surface area contributed by atoms with E-state index in [4.69, 9.17) is 9.47 Å². The van der Waals surface area contributed by atoms with Gasteiger partial charge in [-0.05, 0) is 43.4 Å². The van der Waals surface area contributed by atoms with Crippen LogP contribution in [0, 0.1) is 17.8 Å². The molecule has 1 heterocycles. The topological polar surface area (TPSA) is 38.7 Å². The maximum absolute atomic E-state index is 10.1. The Balaban J connectivity index is 1.38. The number of allylic oxidation sites excluding steroid dienone is 2. The minimum atomic E-state index is -0.180. The fourth-order valence-corrected chi connectivity index (χ4v) is 3.54. The molecule has 1 N–H and O–H groups in total. The van der Waals surface area contributed by atoms with Crippen LogP contribution in [-0.2, 0) is 9.47 Å². The van der Waals surface area contributed by atoms with E-state index in [0.717, 1.165) is 31.1 Å². The normalized spacial score (nSPS) is 38.1. The van der Waals surface area contributed by atoms with Crippen LogP contribution in [0.3, 0.4) is 0 Å².